The molecule has 6 heteroatoms. The van der Waals surface area contributed by atoms with Crippen LogP contribution < -0.4 is 4.74 Å². The van der Waals surface area contributed by atoms with Gasteiger partial charge < -0.3 is 14.7 Å². The Balaban J connectivity index is 1.93. The van der Waals surface area contributed by atoms with Crippen molar-refractivity contribution in [2.45, 2.75) is 25.4 Å². The minimum atomic E-state index is -0.818. The topological polar surface area (TPSA) is 49.8 Å². The van der Waals surface area contributed by atoms with Crippen LogP contribution in [0.2, 0.25) is 10.0 Å². The number of nitrogens with zero attached hydrogens (tertiary/aromatic N) is 1. The van der Waals surface area contributed by atoms with Crippen LogP contribution in [0.5, 0.6) is 5.75 Å². The average molecular weight is 318 g/mol. The van der Waals surface area contributed by atoms with E-state index < -0.39 is 5.60 Å². The molecule has 110 valence electrons. The summed E-state index contributed by atoms with van der Waals surface area (Å²) in [6.07, 6.45) is 1.49. The van der Waals surface area contributed by atoms with Gasteiger partial charge in [-0.3, -0.25) is 4.79 Å². The van der Waals surface area contributed by atoms with Gasteiger partial charge in [0, 0.05) is 24.2 Å². The monoisotopic (exact) mass is 317 g/mol. The maximum absolute atomic E-state index is 12.1. The lowest BCUT2D eigenvalue weighted by atomic mass is 9.95. The van der Waals surface area contributed by atoms with Crippen LogP contribution in [-0.2, 0) is 4.79 Å². The molecular weight excluding hydrogens is 301 g/mol. The number of halogens is 2. The third-order valence-electron chi connectivity index (χ3n) is 3.27. The summed E-state index contributed by atoms with van der Waals surface area (Å²) in [4.78, 5) is 13.7. The van der Waals surface area contributed by atoms with E-state index >= 15 is 0 Å². The molecule has 0 spiro atoms. The van der Waals surface area contributed by atoms with Crippen molar-refractivity contribution in [3.8, 4) is 5.75 Å². The smallest absolute Gasteiger partial charge is 0.260 e. The van der Waals surface area contributed by atoms with Crippen LogP contribution in [0.4, 0.5) is 0 Å². The van der Waals surface area contributed by atoms with Crippen molar-refractivity contribution in [2.75, 3.05) is 19.7 Å². The number of carbonyl (C=O) groups excluding carboxylic acids is 1. The second-order valence-corrected chi connectivity index (χ2v) is 6.12. The van der Waals surface area contributed by atoms with Crippen molar-refractivity contribution in [1.29, 1.82) is 0 Å². The summed E-state index contributed by atoms with van der Waals surface area (Å²) in [6.45, 7) is 2.59. The van der Waals surface area contributed by atoms with E-state index in [0.717, 1.165) is 6.42 Å². The Labute approximate surface area is 128 Å². The van der Waals surface area contributed by atoms with Crippen molar-refractivity contribution in [2.24, 2.45) is 0 Å². The summed E-state index contributed by atoms with van der Waals surface area (Å²) in [5.74, 6) is 0.220. The van der Waals surface area contributed by atoms with Crippen LogP contribution in [0.25, 0.3) is 0 Å². The Morgan fingerprint density at radius 1 is 1.50 bits per heavy atom. The highest BCUT2D eigenvalue weighted by molar-refractivity contribution is 6.34. The second-order valence-electron chi connectivity index (χ2n) is 5.28. The van der Waals surface area contributed by atoms with Gasteiger partial charge in [0.25, 0.3) is 5.91 Å². The third kappa shape index (κ3) is 4.01. The molecule has 1 amide bonds. The number of benzene rings is 1. The Bertz CT molecular complexity index is 505. The lowest BCUT2D eigenvalue weighted by molar-refractivity contribution is -0.139. The molecule has 1 aliphatic rings. The molecule has 4 nitrogen and oxygen atoms in total. The van der Waals surface area contributed by atoms with E-state index in [1.807, 2.05) is 0 Å². The van der Waals surface area contributed by atoms with Gasteiger partial charge in [-0.1, -0.05) is 23.2 Å². The average Bonchev–Trinajstić information content (AvgIpc) is 2.38. The van der Waals surface area contributed by atoms with Crippen molar-refractivity contribution in [3.63, 3.8) is 0 Å². The number of rotatable bonds is 3. The second kappa shape index (κ2) is 6.20. The van der Waals surface area contributed by atoms with Crippen LogP contribution in [0, 0.1) is 0 Å². The van der Waals surface area contributed by atoms with E-state index in [1.165, 1.54) is 0 Å². The molecular formula is C14H17Cl2NO3. The molecule has 0 radical (unpaired) electrons. The maximum Gasteiger partial charge on any atom is 0.260 e. The standard InChI is InChI=1S/C14H17Cl2NO3/c1-14(19)5-2-6-17(9-14)13(18)8-20-12-7-10(15)3-4-11(12)16/h3-4,7,19H,2,5-6,8-9H2,1H3. The van der Waals surface area contributed by atoms with E-state index in [1.54, 1.807) is 30.0 Å². The van der Waals surface area contributed by atoms with Gasteiger partial charge in [-0.15, -0.1) is 0 Å². The zero-order valence-electron chi connectivity index (χ0n) is 11.2. The van der Waals surface area contributed by atoms with Gasteiger partial charge in [0.1, 0.15) is 5.75 Å². The number of hydrogen-bond acceptors (Lipinski definition) is 3. The summed E-state index contributed by atoms with van der Waals surface area (Å²) in [5.41, 5.74) is -0.818. The Kier molecular flexibility index (Phi) is 4.78. The van der Waals surface area contributed by atoms with E-state index in [9.17, 15) is 9.90 Å². The highest BCUT2D eigenvalue weighted by Crippen LogP contribution is 2.28. The zero-order chi connectivity index (χ0) is 14.8. The predicted octanol–water partition coefficient (Wildman–Crippen LogP) is 2.75. The molecule has 1 atom stereocenters. The molecule has 1 unspecified atom stereocenters. The first-order valence-corrected chi connectivity index (χ1v) is 7.21. The molecule has 1 saturated heterocycles. The molecule has 1 aliphatic heterocycles. The first-order chi connectivity index (χ1) is 9.37. The van der Waals surface area contributed by atoms with Gasteiger partial charge in [-0.05, 0) is 31.9 Å². The minimum absolute atomic E-state index is 0.115. The highest BCUT2D eigenvalue weighted by Gasteiger charge is 2.30. The van der Waals surface area contributed by atoms with Crippen LogP contribution >= 0.6 is 23.2 Å². The number of hydrogen-bond donors (Lipinski definition) is 1. The molecule has 0 aromatic heterocycles. The number of ether oxygens (including phenoxy) is 1. The fourth-order valence-electron chi connectivity index (χ4n) is 2.25. The molecule has 20 heavy (non-hydrogen) atoms. The van der Waals surface area contributed by atoms with Gasteiger partial charge >= 0.3 is 0 Å². The molecule has 0 saturated carbocycles. The van der Waals surface area contributed by atoms with Gasteiger partial charge in [0.05, 0.1) is 10.6 Å². The highest BCUT2D eigenvalue weighted by atomic mass is 35.5. The summed E-state index contributed by atoms with van der Waals surface area (Å²) < 4.78 is 5.41. The minimum Gasteiger partial charge on any atom is -0.482 e. The molecule has 1 fully saturated rings. The van der Waals surface area contributed by atoms with E-state index in [-0.39, 0.29) is 12.5 Å². The summed E-state index contributed by atoms with van der Waals surface area (Å²) >= 11 is 11.8. The van der Waals surface area contributed by atoms with Gasteiger partial charge in [-0.2, -0.15) is 0 Å². The fourth-order valence-corrected chi connectivity index (χ4v) is 2.59. The summed E-state index contributed by atoms with van der Waals surface area (Å²) in [5, 5.41) is 10.9. The van der Waals surface area contributed by atoms with Crippen molar-refractivity contribution in [3.05, 3.63) is 28.2 Å². The van der Waals surface area contributed by atoms with Gasteiger partial charge in [0.2, 0.25) is 0 Å². The van der Waals surface area contributed by atoms with Crippen LogP contribution in [0.1, 0.15) is 19.8 Å². The normalized spacial score (nSPS) is 22.7. The number of amides is 1. The van der Waals surface area contributed by atoms with Crippen molar-refractivity contribution < 1.29 is 14.6 Å². The first kappa shape index (κ1) is 15.4. The largest absolute Gasteiger partial charge is 0.482 e. The predicted molar refractivity (Wildman–Crippen MR) is 78.4 cm³/mol. The fraction of sp³-hybridized carbons (Fsp3) is 0.500. The van der Waals surface area contributed by atoms with Crippen molar-refractivity contribution in [1.82, 2.24) is 4.90 Å². The molecule has 1 aromatic rings. The zero-order valence-corrected chi connectivity index (χ0v) is 12.7. The number of likely N-dealkylation sites (tertiary alicyclic amines) is 1. The van der Waals surface area contributed by atoms with Crippen LogP contribution in [0.15, 0.2) is 18.2 Å². The van der Waals surface area contributed by atoms with Crippen LogP contribution in [0.3, 0.4) is 0 Å². The van der Waals surface area contributed by atoms with Crippen LogP contribution in [-0.4, -0.2) is 41.2 Å². The molecule has 1 heterocycles. The van der Waals surface area contributed by atoms with Crippen molar-refractivity contribution >= 4 is 29.1 Å². The lowest BCUT2D eigenvalue weighted by Gasteiger charge is -2.36. The molecule has 0 bridgehead atoms. The quantitative estimate of drug-likeness (QED) is 0.932. The molecule has 2 rings (SSSR count). The number of piperidine rings is 1. The lowest BCUT2D eigenvalue weighted by Crippen LogP contribution is -2.49. The van der Waals surface area contributed by atoms with E-state index in [4.69, 9.17) is 27.9 Å². The van der Waals surface area contributed by atoms with E-state index in [2.05, 4.69) is 0 Å². The molecule has 0 aliphatic carbocycles. The molecule has 1 N–H and O–H groups in total. The number of β-amino-alcohol motifs (C(OH)–C–C–N with tert-alkyl or cyclic N) is 1. The Morgan fingerprint density at radius 2 is 2.25 bits per heavy atom. The summed E-state index contributed by atoms with van der Waals surface area (Å²) in [7, 11) is 0. The van der Waals surface area contributed by atoms with E-state index in [0.29, 0.717) is 35.3 Å². The Hall–Kier alpha value is -0.970. The molecule has 1 aromatic carbocycles. The van der Waals surface area contributed by atoms with Gasteiger partial charge in [0.15, 0.2) is 6.61 Å². The SMILES string of the molecule is CC1(O)CCCN(C(=O)COc2cc(Cl)ccc2Cl)C1. The Morgan fingerprint density at radius 3 is 2.95 bits per heavy atom. The number of aliphatic hydroxyl groups is 1. The maximum atomic E-state index is 12.1. The first-order valence-electron chi connectivity index (χ1n) is 6.45. The van der Waals surface area contributed by atoms with Gasteiger partial charge in [-0.25, -0.2) is 0 Å². The summed E-state index contributed by atoms with van der Waals surface area (Å²) in [6, 6.07) is 4.85. The third-order valence-corrected chi connectivity index (χ3v) is 3.82. The number of carbonyl (C=O) groups is 1.